The summed E-state index contributed by atoms with van der Waals surface area (Å²) in [6.07, 6.45) is 0. The maximum absolute atomic E-state index is 10.9. The van der Waals surface area contributed by atoms with Crippen LogP contribution >= 0.6 is 0 Å². The lowest BCUT2D eigenvalue weighted by Crippen LogP contribution is -2.45. The van der Waals surface area contributed by atoms with Crippen LogP contribution in [0.1, 0.15) is 30.9 Å². The van der Waals surface area contributed by atoms with Crippen molar-refractivity contribution in [1.29, 1.82) is 0 Å². The molecule has 2 heterocycles. The summed E-state index contributed by atoms with van der Waals surface area (Å²) in [5.41, 5.74) is 2.20. The highest BCUT2D eigenvalue weighted by Gasteiger charge is 2.45. The van der Waals surface area contributed by atoms with Gasteiger partial charge in [-0.1, -0.05) is 49.4 Å². The number of ether oxygens (including phenoxy) is 3. The van der Waals surface area contributed by atoms with E-state index < -0.39 is 5.79 Å². The molecule has 3 aromatic carbocycles. The molecule has 0 spiro atoms. The van der Waals surface area contributed by atoms with E-state index in [1.165, 1.54) is 16.3 Å². The van der Waals surface area contributed by atoms with Crippen LogP contribution in [0.5, 0.6) is 17.2 Å². The Morgan fingerprint density at radius 2 is 1.65 bits per heavy atom. The van der Waals surface area contributed by atoms with Gasteiger partial charge in [-0.05, 0) is 22.4 Å². The number of rotatable bonds is 1. The molecule has 0 fully saturated rings. The molecule has 3 aromatic rings. The highest BCUT2D eigenvalue weighted by Crippen LogP contribution is 2.52. The second-order valence-electron chi connectivity index (χ2n) is 7.23. The number of hydrogen-bond acceptors (Lipinski definition) is 4. The van der Waals surface area contributed by atoms with Crippen molar-refractivity contribution in [2.24, 2.45) is 5.92 Å². The molecule has 2 aliphatic heterocycles. The van der Waals surface area contributed by atoms with Crippen LogP contribution in [0.4, 0.5) is 0 Å². The van der Waals surface area contributed by atoms with E-state index in [9.17, 15) is 5.11 Å². The van der Waals surface area contributed by atoms with Crippen LogP contribution in [0.2, 0.25) is 0 Å². The van der Waals surface area contributed by atoms with Gasteiger partial charge in [0.25, 0.3) is 0 Å². The minimum atomic E-state index is -1.28. The molecule has 2 aliphatic rings. The van der Waals surface area contributed by atoms with Crippen LogP contribution in [-0.2, 0) is 0 Å². The van der Waals surface area contributed by atoms with Crippen LogP contribution in [0.3, 0.4) is 0 Å². The lowest BCUT2D eigenvalue weighted by atomic mass is 9.74. The molecule has 4 nitrogen and oxygen atoms in total. The molecule has 1 N–H and O–H groups in total. The summed E-state index contributed by atoms with van der Waals surface area (Å²) in [6.45, 7) is 3.96. The summed E-state index contributed by atoms with van der Waals surface area (Å²) >= 11 is 0. The van der Waals surface area contributed by atoms with Crippen LogP contribution < -0.4 is 14.2 Å². The fraction of sp³-hybridized carbons (Fsp3) is 0.273. The highest BCUT2D eigenvalue weighted by molar-refractivity contribution is 5.87. The van der Waals surface area contributed by atoms with Crippen molar-refractivity contribution in [2.75, 3.05) is 6.79 Å². The first-order chi connectivity index (χ1) is 12.5. The average Bonchev–Trinajstić information content (AvgIpc) is 3.08. The van der Waals surface area contributed by atoms with E-state index in [0.717, 1.165) is 11.3 Å². The van der Waals surface area contributed by atoms with E-state index >= 15 is 0 Å². The lowest BCUT2D eigenvalue weighted by Gasteiger charge is -2.42. The molecule has 3 atom stereocenters. The van der Waals surface area contributed by atoms with Crippen molar-refractivity contribution in [1.82, 2.24) is 0 Å². The van der Waals surface area contributed by atoms with Crippen molar-refractivity contribution in [3.8, 4) is 17.2 Å². The van der Waals surface area contributed by atoms with Gasteiger partial charge >= 0.3 is 0 Å². The number of fused-ring (bicyclic) bond motifs is 3. The van der Waals surface area contributed by atoms with E-state index in [1.54, 1.807) is 6.92 Å². The van der Waals surface area contributed by atoms with Gasteiger partial charge in [0.1, 0.15) is 5.75 Å². The number of benzene rings is 3. The van der Waals surface area contributed by atoms with Crippen LogP contribution in [-0.4, -0.2) is 17.7 Å². The zero-order valence-electron chi connectivity index (χ0n) is 14.7. The van der Waals surface area contributed by atoms with Gasteiger partial charge in [0.15, 0.2) is 11.5 Å². The largest absolute Gasteiger partial charge is 0.462 e. The zero-order valence-corrected chi connectivity index (χ0v) is 14.7. The smallest absolute Gasteiger partial charge is 0.231 e. The quantitative estimate of drug-likeness (QED) is 0.706. The minimum Gasteiger partial charge on any atom is -0.462 e. The van der Waals surface area contributed by atoms with E-state index in [0.29, 0.717) is 11.5 Å². The van der Waals surface area contributed by atoms with E-state index in [-0.39, 0.29) is 18.6 Å². The van der Waals surface area contributed by atoms with Gasteiger partial charge in [-0.3, -0.25) is 0 Å². The first-order valence-electron chi connectivity index (χ1n) is 8.87. The first-order valence-corrected chi connectivity index (χ1v) is 8.87. The summed E-state index contributed by atoms with van der Waals surface area (Å²) in [5.74, 6) is 0.602. The molecule has 0 aliphatic carbocycles. The molecule has 0 unspecified atom stereocenters. The molecular formula is C22H20O4. The standard InChI is InChI=1S/C22H20O4/c1-13-21(16-9-5-7-14-6-3-4-8-15(14)16)17-10-19-20(25-12-24-19)11-18(17)26-22(13,2)23/h3-11,13,21,23H,12H2,1-2H3/t13-,21+,22+/m0/s1. The summed E-state index contributed by atoms with van der Waals surface area (Å²) in [7, 11) is 0. The molecule has 0 amide bonds. The molecule has 0 saturated carbocycles. The van der Waals surface area contributed by atoms with Gasteiger partial charge in [0, 0.05) is 30.4 Å². The molecule has 0 aromatic heterocycles. The molecule has 4 heteroatoms. The molecular weight excluding hydrogens is 328 g/mol. The highest BCUT2D eigenvalue weighted by atomic mass is 16.7. The molecule has 0 saturated heterocycles. The van der Waals surface area contributed by atoms with Crippen LogP contribution in [0.15, 0.2) is 54.6 Å². The number of aliphatic hydroxyl groups is 1. The minimum absolute atomic E-state index is 0.0191. The lowest BCUT2D eigenvalue weighted by molar-refractivity contribution is -0.171. The second-order valence-corrected chi connectivity index (χ2v) is 7.23. The van der Waals surface area contributed by atoms with Crippen molar-refractivity contribution < 1.29 is 19.3 Å². The Labute approximate surface area is 151 Å². The van der Waals surface area contributed by atoms with Gasteiger partial charge in [-0.15, -0.1) is 0 Å². The zero-order chi connectivity index (χ0) is 17.9. The molecule has 5 rings (SSSR count). The Balaban J connectivity index is 1.78. The number of hydrogen-bond donors (Lipinski definition) is 1. The summed E-state index contributed by atoms with van der Waals surface area (Å²) in [4.78, 5) is 0. The SMILES string of the molecule is C[C@H]1[C@H](c2cccc3ccccc23)c2cc3c(cc2O[C@@]1(C)O)OCO3. The Bertz CT molecular complexity index is 1000. The topological polar surface area (TPSA) is 47.9 Å². The van der Waals surface area contributed by atoms with E-state index in [4.69, 9.17) is 14.2 Å². The third-order valence-corrected chi connectivity index (χ3v) is 5.66. The van der Waals surface area contributed by atoms with Crippen molar-refractivity contribution >= 4 is 10.8 Å². The Morgan fingerprint density at radius 1 is 0.923 bits per heavy atom. The molecule has 0 bridgehead atoms. The van der Waals surface area contributed by atoms with Gasteiger partial charge in [-0.2, -0.15) is 0 Å². The monoisotopic (exact) mass is 348 g/mol. The molecule has 132 valence electrons. The Hall–Kier alpha value is -2.72. The van der Waals surface area contributed by atoms with Crippen molar-refractivity contribution in [2.45, 2.75) is 25.6 Å². The third-order valence-electron chi connectivity index (χ3n) is 5.66. The van der Waals surface area contributed by atoms with Gasteiger partial charge in [-0.25, -0.2) is 0 Å². The Morgan fingerprint density at radius 3 is 2.50 bits per heavy atom. The summed E-state index contributed by atoms with van der Waals surface area (Å²) in [6, 6.07) is 18.5. The van der Waals surface area contributed by atoms with Crippen LogP contribution in [0, 0.1) is 5.92 Å². The van der Waals surface area contributed by atoms with Gasteiger partial charge in [0.2, 0.25) is 12.6 Å². The van der Waals surface area contributed by atoms with Gasteiger partial charge < -0.3 is 19.3 Å². The Kier molecular flexibility index (Phi) is 3.22. The third kappa shape index (κ3) is 2.19. The fourth-order valence-corrected chi connectivity index (χ4v) is 4.12. The summed E-state index contributed by atoms with van der Waals surface area (Å²) < 4.78 is 17.0. The van der Waals surface area contributed by atoms with E-state index in [2.05, 4.69) is 36.4 Å². The van der Waals surface area contributed by atoms with Crippen molar-refractivity contribution in [3.05, 3.63) is 65.7 Å². The van der Waals surface area contributed by atoms with Crippen molar-refractivity contribution in [3.63, 3.8) is 0 Å². The normalized spacial score (nSPS) is 26.4. The predicted octanol–water partition coefficient (Wildman–Crippen LogP) is 4.44. The average molecular weight is 348 g/mol. The maximum Gasteiger partial charge on any atom is 0.231 e. The predicted molar refractivity (Wildman–Crippen MR) is 98.8 cm³/mol. The van der Waals surface area contributed by atoms with E-state index in [1.807, 2.05) is 25.1 Å². The molecule has 0 radical (unpaired) electrons. The summed E-state index contributed by atoms with van der Waals surface area (Å²) in [5, 5.41) is 13.3. The maximum atomic E-state index is 10.9. The van der Waals surface area contributed by atoms with Crippen LogP contribution in [0.25, 0.3) is 10.8 Å². The second kappa shape index (κ2) is 5.39. The first kappa shape index (κ1) is 15.5. The molecule has 26 heavy (non-hydrogen) atoms. The fourth-order valence-electron chi connectivity index (χ4n) is 4.12. The van der Waals surface area contributed by atoms with Gasteiger partial charge in [0.05, 0.1) is 0 Å².